The predicted octanol–water partition coefficient (Wildman–Crippen LogP) is 29.6. The maximum Gasteiger partial charge on any atom is 0.0516 e. The zero-order valence-corrected chi connectivity index (χ0v) is 79.2. The number of nitrogens with zero attached hydrogens (tertiary/aromatic N) is 9. The van der Waals surface area contributed by atoms with E-state index in [4.69, 9.17) is 4.98 Å². The van der Waals surface area contributed by atoms with Crippen molar-refractivity contribution in [1.82, 2.24) is 43.1 Å². The number of benzene rings is 13. The second-order valence-corrected chi connectivity index (χ2v) is 32.5. The number of rotatable bonds is 9. The summed E-state index contributed by atoms with van der Waals surface area (Å²) in [4.78, 5) is 26.6. The molecule has 25 aromatic rings. The largest absolute Gasteiger partial charge is 0.350 e. The summed E-state index contributed by atoms with van der Waals surface area (Å²) in [6.45, 7) is 15.4. The van der Waals surface area contributed by atoms with Crippen LogP contribution in [0.15, 0.2) is 377 Å². The minimum Gasteiger partial charge on any atom is -0.350 e. The molecule has 631 valence electrons. The van der Waals surface area contributed by atoms with E-state index in [2.05, 4.69) is 335 Å². The molecule has 12 heteroatoms. The Morgan fingerprint density at radius 3 is 1.00 bits per heavy atom. The second kappa shape index (κ2) is 38.3. The van der Waals surface area contributed by atoms with E-state index in [1.54, 1.807) is 18.6 Å². The Kier molecular flexibility index (Phi) is 25.9. The van der Waals surface area contributed by atoms with Crippen LogP contribution in [0.4, 0.5) is 0 Å². The van der Waals surface area contributed by atoms with Crippen LogP contribution in [0.1, 0.15) is 67.3 Å². The molecule has 0 fully saturated rings. The van der Waals surface area contributed by atoms with Gasteiger partial charge in [-0.1, -0.05) is 242 Å². The maximum atomic E-state index is 4.74. The van der Waals surface area contributed by atoms with Gasteiger partial charge < -0.3 is 38.1 Å². The molecule has 0 amide bonds. The van der Waals surface area contributed by atoms with E-state index in [9.17, 15) is 0 Å². The third-order valence-electron chi connectivity index (χ3n) is 23.8. The van der Waals surface area contributed by atoms with Crippen molar-refractivity contribution in [2.45, 2.75) is 60.3 Å². The quantitative estimate of drug-likeness (QED) is 0.134. The topological polar surface area (TPSA) is 90.6 Å². The van der Waals surface area contributed by atoms with Crippen molar-refractivity contribution in [2.75, 3.05) is 0 Å². The normalized spacial score (nSPS) is 11.2. The van der Waals surface area contributed by atoms with Gasteiger partial charge in [-0.05, 0) is 171 Å². The standard InChI is InChI=1S/C32H23N2.2C26H19N2.3C11H8N.3Ir/c1-19-15-20(2)31(21(3)16-19)23-13-14-33-28(18-23)22-11-12-30-27(17-22)26-9-6-8-25-24-7-4-5-10-29(24)34(30)32(25)26;2*1-16(2)17-12-13-27-23(15-17)18-10-11-25-22(14-18)21-8-5-7-20-19-6-3-4-9-24(19)28(25)26(20)21;3*1-2-6-10(7-3-1)11-8-4-5-9-12-11;;;/h4-10,12-18H,1-3H3;3-9,11-16H,1-2H3;3-13,15-16H,1-2H3;3*1-6,8-9H;;;/q6*-1;;;. The number of fused-ring (bicyclic) bond motifs is 18. The Morgan fingerprint density at radius 1 is 0.248 bits per heavy atom. The first-order valence-corrected chi connectivity index (χ1v) is 42.8. The summed E-state index contributed by atoms with van der Waals surface area (Å²) in [5.41, 5.74) is 32.3. The van der Waals surface area contributed by atoms with Crippen LogP contribution >= 0.6 is 0 Å². The van der Waals surface area contributed by atoms with Crippen LogP contribution in [-0.2, 0) is 60.3 Å². The van der Waals surface area contributed by atoms with Crippen LogP contribution in [0.2, 0.25) is 0 Å². The molecule has 0 saturated carbocycles. The van der Waals surface area contributed by atoms with E-state index >= 15 is 0 Å². The van der Waals surface area contributed by atoms with Gasteiger partial charge in [0.05, 0.1) is 11.0 Å². The van der Waals surface area contributed by atoms with Crippen molar-refractivity contribution in [3.8, 4) is 78.7 Å². The van der Waals surface area contributed by atoms with E-state index < -0.39 is 0 Å². The van der Waals surface area contributed by atoms with Crippen LogP contribution in [-0.4, -0.2) is 43.1 Å². The molecule has 0 bridgehead atoms. The van der Waals surface area contributed by atoms with Gasteiger partial charge in [-0.25, -0.2) is 0 Å². The van der Waals surface area contributed by atoms with Crippen LogP contribution in [0.3, 0.4) is 0 Å². The van der Waals surface area contributed by atoms with Gasteiger partial charge in [-0.3, -0.25) is 4.98 Å². The number of para-hydroxylation sites is 6. The molecule has 12 heterocycles. The predicted molar refractivity (Wildman–Crippen MR) is 523 cm³/mol. The van der Waals surface area contributed by atoms with Crippen LogP contribution in [0.25, 0.3) is 193 Å². The van der Waals surface area contributed by atoms with Gasteiger partial charge in [0.2, 0.25) is 0 Å². The average molecular weight is 2190 g/mol. The molecule has 129 heavy (non-hydrogen) atoms. The first kappa shape index (κ1) is 87.2. The zero-order valence-electron chi connectivity index (χ0n) is 72.0. The molecule has 25 rings (SSSR count). The van der Waals surface area contributed by atoms with Crippen molar-refractivity contribution in [3.05, 3.63) is 441 Å². The molecule has 0 N–H and O–H groups in total. The number of hydrogen-bond acceptors (Lipinski definition) is 6. The van der Waals surface area contributed by atoms with Gasteiger partial charge in [0, 0.05) is 158 Å². The van der Waals surface area contributed by atoms with E-state index in [1.165, 1.54) is 153 Å². The smallest absolute Gasteiger partial charge is 0.0516 e. The molecule has 0 aliphatic rings. The minimum atomic E-state index is 0. The third kappa shape index (κ3) is 17.0. The summed E-state index contributed by atoms with van der Waals surface area (Å²) in [5.74, 6) is 0.967. The molecule has 12 aromatic heterocycles. The van der Waals surface area contributed by atoms with Gasteiger partial charge in [0.1, 0.15) is 0 Å². The number of aromatic nitrogens is 9. The molecule has 0 atom stereocenters. The van der Waals surface area contributed by atoms with Gasteiger partial charge in [-0.15, -0.1) is 173 Å². The van der Waals surface area contributed by atoms with Gasteiger partial charge in [-0.2, -0.15) is 0 Å². The molecule has 0 saturated heterocycles. The molecule has 0 unspecified atom stereocenters. The Bertz CT molecular complexity index is 7640. The van der Waals surface area contributed by atoms with Crippen molar-refractivity contribution in [2.24, 2.45) is 0 Å². The molecule has 0 spiro atoms. The molecule has 3 radical (unpaired) electrons. The zero-order chi connectivity index (χ0) is 85.3. The molecular weight excluding hydrogens is 2110 g/mol. The van der Waals surface area contributed by atoms with Crippen LogP contribution in [0.5, 0.6) is 0 Å². The maximum absolute atomic E-state index is 4.74. The fourth-order valence-corrected chi connectivity index (χ4v) is 18.0. The minimum absolute atomic E-state index is 0. The molecular formula is C117H85Ir3N9-6. The van der Waals surface area contributed by atoms with Crippen molar-refractivity contribution >= 4 is 114 Å². The molecule has 9 nitrogen and oxygen atoms in total. The number of hydrogen-bond donors (Lipinski definition) is 0. The number of pyridine rings is 6. The van der Waals surface area contributed by atoms with Gasteiger partial charge in [0.15, 0.2) is 0 Å². The first-order chi connectivity index (χ1) is 61.9. The second-order valence-electron chi connectivity index (χ2n) is 32.5. The summed E-state index contributed by atoms with van der Waals surface area (Å²) in [7, 11) is 0. The molecule has 0 aliphatic carbocycles. The Morgan fingerprint density at radius 2 is 0.597 bits per heavy atom. The Balaban J connectivity index is 0.000000113. The SMILES string of the molecule is CC(C)c1ccnc(-c2[c-]c3c4cccc5c6ccccc6n(c3cc2)c45)c1.CC(C)c1ccnc(-c2[c-]cc3c(c2)c2cccc4c5ccccc5n3c24)c1.Cc1cc(C)c(-c2ccnc(-c3[c-]cc4c(c3)c3cccc5c6ccccc6n4c35)c2)c(C)c1.[Ir].[Ir].[Ir].[c-]1ccccc1-c1ccccn1.[c-]1ccccc1-c1ccccn1.[c-]1ccccc1-c1ccccn1. The van der Waals surface area contributed by atoms with E-state index in [0.717, 1.165) is 67.5 Å². The number of aryl methyl sites for hydroxylation is 3. The van der Waals surface area contributed by atoms with Gasteiger partial charge >= 0.3 is 0 Å². The summed E-state index contributed by atoms with van der Waals surface area (Å²) in [5, 5.41) is 15.3. The van der Waals surface area contributed by atoms with Crippen molar-refractivity contribution in [1.29, 1.82) is 0 Å². The van der Waals surface area contributed by atoms with Crippen molar-refractivity contribution < 1.29 is 60.3 Å². The van der Waals surface area contributed by atoms with E-state index in [0.29, 0.717) is 11.8 Å². The summed E-state index contributed by atoms with van der Waals surface area (Å²) in [6, 6.07) is 137. The Hall–Kier alpha value is -13.9. The molecule has 0 aliphatic heterocycles. The van der Waals surface area contributed by atoms with Gasteiger partial charge in [0.25, 0.3) is 0 Å². The molecule has 13 aromatic carbocycles. The van der Waals surface area contributed by atoms with E-state index in [-0.39, 0.29) is 60.3 Å². The average Bonchev–Trinajstić information content (AvgIpc) is 1.56. The van der Waals surface area contributed by atoms with Crippen LogP contribution in [0, 0.1) is 57.2 Å². The summed E-state index contributed by atoms with van der Waals surface area (Å²) >= 11 is 0. The monoisotopic (exact) mass is 2190 g/mol. The fraction of sp³-hybridized carbons (Fsp3) is 0.0769. The Labute approximate surface area is 791 Å². The fourth-order valence-electron chi connectivity index (χ4n) is 18.0. The van der Waals surface area contributed by atoms with Crippen molar-refractivity contribution in [3.63, 3.8) is 0 Å². The third-order valence-corrected chi connectivity index (χ3v) is 23.8. The van der Waals surface area contributed by atoms with E-state index in [1.807, 2.05) is 146 Å². The first-order valence-electron chi connectivity index (χ1n) is 42.8. The summed E-state index contributed by atoms with van der Waals surface area (Å²) < 4.78 is 7.15. The summed E-state index contributed by atoms with van der Waals surface area (Å²) in [6.07, 6.45) is 11.1. The van der Waals surface area contributed by atoms with Crippen LogP contribution < -0.4 is 0 Å².